The number of rotatable bonds is 6. The fourth-order valence-corrected chi connectivity index (χ4v) is 2.09. The first-order chi connectivity index (χ1) is 9.88. The predicted molar refractivity (Wildman–Crippen MR) is 83.2 cm³/mol. The van der Waals surface area contributed by atoms with Gasteiger partial charge in [0.15, 0.2) is 5.96 Å². The van der Waals surface area contributed by atoms with E-state index < -0.39 is 0 Å². The molecule has 1 aromatic rings. The zero-order chi connectivity index (χ0) is 14.0. The summed E-state index contributed by atoms with van der Waals surface area (Å²) < 4.78 is 5.63. The molecule has 0 aliphatic heterocycles. The van der Waals surface area contributed by atoms with E-state index in [1.54, 1.807) is 0 Å². The van der Waals surface area contributed by atoms with E-state index in [9.17, 15) is 0 Å². The first-order valence-corrected chi connectivity index (χ1v) is 7.26. The Hall–Kier alpha value is -1.97. The van der Waals surface area contributed by atoms with E-state index in [1.807, 2.05) is 30.3 Å². The molecule has 1 aromatic carbocycles. The van der Waals surface area contributed by atoms with Crippen molar-refractivity contribution < 1.29 is 4.74 Å². The van der Waals surface area contributed by atoms with Crippen molar-refractivity contribution in [3.05, 3.63) is 42.5 Å². The molecule has 0 spiro atoms. The van der Waals surface area contributed by atoms with Gasteiger partial charge in [0.1, 0.15) is 12.4 Å². The van der Waals surface area contributed by atoms with Gasteiger partial charge in [-0.05, 0) is 31.9 Å². The van der Waals surface area contributed by atoms with Crippen LogP contribution in [0, 0.1) is 0 Å². The van der Waals surface area contributed by atoms with Gasteiger partial charge in [-0.3, -0.25) is 0 Å². The molecule has 0 unspecified atom stereocenters. The van der Waals surface area contributed by atoms with E-state index in [1.165, 1.54) is 0 Å². The maximum Gasteiger partial charge on any atom is 0.191 e. The molecule has 1 aliphatic carbocycles. The summed E-state index contributed by atoms with van der Waals surface area (Å²) in [4.78, 5) is 4.53. The second kappa shape index (κ2) is 8.25. The van der Waals surface area contributed by atoms with Crippen LogP contribution in [0.2, 0.25) is 0 Å². The summed E-state index contributed by atoms with van der Waals surface area (Å²) in [5.74, 6) is 1.76. The van der Waals surface area contributed by atoms with Crippen molar-refractivity contribution in [3.63, 3.8) is 0 Å². The van der Waals surface area contributed by atoms with E-state index in [4.69, 9.17) is 4.74 Å². The Morgan fingerprint density at radius 3 is 2.70 bits per heavy atom. The number of hydrogen-bond donors (Lipinski definition) is 2. The van der Waals surface area contributed by atoms with Gasteiger partial charge < -0.3 is 15.4 Å². The van der Waals surface area contributed by atoms with Crippen LogP contribution in [-0.2, 0) is 0 Å². The van der Waals surface area contributed by atoms with Crippen LogP contribution in [0.3, 0.4) is 0 Å². The van der Waals surface area contributed by atoms with E-state index in [0.717, 1.165) is 31.1 Å². The monoisotopic (exact) mass is 273 g/mol. The highest BCUT2D eigenvalue weighted by molar-refractivity contribution is 5.80. The molecule has 4 nitrogen and oxygen atoms in total. The number of aliphatic imine (C=N–C) groups is 1. The average Bonchev–Trinajstić information content (AvgIpc) is 2.98. The van der Waals surface area contributed by atoms with Crippen molar-refractivity contribution in [1.82, 2.24) is 10.6 Å². The molecule has 0 aromatic heterocycles. The summed E-state index contributed by atoms with van der Waals surface area (Å²) in [7, 11) is 0. The molecule has 20 heavy (non-hydrogen) atoms. The van der Waals surface area contributed by atoms with Crippen LogP contribution < -0.4 is 15.4 Å². The molecule has 0 heterocycles. The molecular formula is C16H23N3O. The van der Waals surface area contributed by atoms with Gasteiger partial charge in [0, 0.05) is 12.6 Å². The summed E-state index contributed by atoms with van der Waals surface area (Å²) in [5.41, 5.74) is 0. The Morgan fingerprint density at radius 2 is 2.00 bits per heavy atom. The number of nitrogens with one attached hydrogen (secondary N) is 2. The molecule has 0 fully saturated rings. The highest BCUT2D eigenvalue weighted by atomic mass is 16.5. The highest BCUT2D eigenvalue weighted by Gasteiger charge is 2.11. The smallest absolute Gasteiger partial charge is 0.191 e. The van der Waals surface area contributed by atoms with Gasteiger partial charge in [-0.1, -0.05) is 30.4 Å². The Balaban J connectivity index is 1.73. The van der Waals surface area contributed by atoms with E-state index in [2.05, 4.69) is 34.7 Å². The lowest BCUT2D eigenvalue weighted by Gasteiger charge is -2.16. The summed E-state index contributed by atoms with van der Waals surface area (Å²) >= 11 is 0. The fourth-order valence-electron chi connectivity index (χ4n) is 2.09. The summed E-state index contributed by atoms with van der Waals surface area (Å²) in [6.45, 7) is 4.17. The number of benzene rings is 1. The van der Waals surface area contributed by atoms with Crippen molar-refractivity contribution in [2.75, 3.05) is 19.7 Å². The van der Waals surface area contributed by atoms with Gasteiger partial charge in [0.05, 0.1) is 6.54 Å². The molecule has 4 heteroatoms. The van der Waals surface area contributed by atoms with Crippen LogP contribution in [0.5, 0.6) is 5.75 Å². The third-order valence-electron chi connectivity index (χ3n) is 3.07. The van der Waals surface area contributed by atoms with Gasteiger partial charge >= 0.3 is 0 Å². The lowest BCUT2D eigenvalue weighted by atomic mass is 10.2. The van der Waals surface area contributed by atoms with E-state index in [0.29, 0.717) is 19.2 Å². The fraction of sp³-hybridized carbons (Fsp3) is 0.438. The summed E-state index contributed by atoms with van der Waals surface area (Å²) in [6, 6.07) is 10.3. The first-order valence-electron chi connectivity index (χ1n) is 7.26. The molecule has 0 atom stereocenters. The Morgan fingerprint density at radius 1 is 1.25 bits per heavy atom. The Bertz CT molecular complexity index is 434. The van der Waals surface area contributed by atoms with Crippen LogP contribution in [0.15, 0.2) is 47.5 Å². The maximum absolute atomic E-state index is 5.63. The lowest BCUT2D eigenvalue weighted by Crippen LogP contribution is -2.42. The van der Waals surface area contributed by atoms with E-state index >= 15 is 0 Å². The predicted octanol–water partition coefficient (Wildman–Crippen LogP) is 2.34. The number of para-hydroxylation sites is 1. The first kappa shape index (κ1) is 14.4. The number of guanidine groups is 1. The minimum Gasteiger partial charge on any atom is -0.492 e. The molecule has 1 aliphatic rings. The molecule has 2 N–H and O–H groups in total. The van der Waals surface area contributed by atoms with Gasteiger partial charge in [-0.25, -0.2) is 4.99 Å². The van der Waals surface area contributed by atoms with Crippen LogP contribution in [0.4, 0.5) is 0 Å². The number of hydrogen-bond acceptors (Lipinski definition) is 2. The Labute approximate surface area is 120 Å². The standard InChI is InChI=1S/C16H23N3O/c1-2-17-16(19-14-8-6-7-9-14)18-12-13-20-15-10-4-3-5-11-15/h3-7,10-11,14H,2,8-9,12-13H2,1H3,(H2,17,18,19). The SMILES string of the molecule is CCNC(=NCCOc1ccccc1)NC1CC=CC1. The zero-order valence-electron chi connectivity index (χ0n) is 12.0. The zero-order valence-corrected chi connectivity index (χ0v) is 12.0. The van der Waals surface area contributed by atoms with Gasteiger partial charge in [0.2, 0.25) is 0 Å². The largest absolute Gasteiger partial charge is 0.492 e. The van der Waals surface area contributed by atoms with Crippen molar-refractivity contribution in [2.45, 2.75) is 25.8 Å². The molecule has 0 bridgehead atoms. The van der Waals surface area contributed by atoms with Gasteiger partial charge in [-0.15, -0.1) is 0 Å². The molecule has 0 radical (unpaired) electrons. The second-order valence-corrected chi connectivity index (χ2v) is 4.71. The van der Waals surface area contributed by atoms with E-state index in [-0.39, 0.29) is 0 Å². The summed E-state index contributed by atoms with van der Waals surface area (Å²) in [6.07, 6.45) is 6.56. The van der Waals surface area contributed by atoms with Crippen LogP contribution in [0.1, 0.15) is 19.8 Å². The third kappa shape index (κ3) is 4.96. The second-order valence-electron chi connectivity index (χ2n) is 4.71. The quantitative estimate of drug-likeness (QED) is 0.362. The normalized spacial score (nSPS) is 15.3. The van der Waals surface area contributed by atoms with Crippen LogP contribution in [0.25, 0.3) is 0 Å². The van der Waals surface area contributed by atoms with Gasteiger partial charge in [0.25, 0.3) is 0 Å². The molecule has 0 saturated heterocycles. The molecule has 0 saturated carbocycles. The topological polar surface area (TPSA) is 45.7 Å². The minimum atomic E-state index is 0.475. The van der Waals surface area contributed by atoms with Crippen molar-refractivity contribution in [2.24, 2.45) is 4.99 Å². The molecule has 2 rings (SSSR count). The number of ether oxygens (including phenoxy) is 1. The molecular weight excluding hydrogens is 250 g/mol. The van der Waals surface area contributed by atoms with Crippen LogP contribution >= 0.6 is 0 Å². The lowest BCUT2D eigenvalue weighted by molar-refractivity contribution is 0.328. The highest BCUT2D eigenvalue weighted by Crippen LogP contribution is 2.09. The van der Waals surface area contributed by atoms with Crippen LogP contribution in [-0.4, -0.2) is 31.7 Å². The van der Waals surface area contributed by atoms with Crippen molar-refractivity contribution >= 4 is 5.96 Å². The van der Waals surface area contributed by atoms with Gasteiger partial charge in [-0.2, -0.15) is 0 Å². The third-order valence-corrected chi connectivity index (χ3v) is 3.07. The van der Waals surface area contributed by atoms with Crippen molar-refractivity contribution in [3.8, 4) is 5.75 Å². The summed E-state index contributed by atoms with van der Waals surface area (Å²) in [5, 5.41) is 6.70. The minimum absolute atomic E-state index is 0.475. The Kier molecular flexibility index (Phi) is 5.96. The average molecular weight is 273 g/mol. The molecule has 0 amide bonds. The van der Waals surface area contributed by atoms with Crippen molar-refractivity contribution in [1.29, 1.82) is 0 Å². The molecule has 108 valence electrons. The number of nitrogens with zero attached hydrogens (tertiary/aromatic N) is 1. The maximum atomic E-state index is 5.63.